The van der Waals surface area contributed by atoms with Gasteiger partial charge in [-0.15, -0.1) is 28.2 Å². The topological polar surface area (TPSA) is 210 Å². The summed E-state index contributed by atoms with van der Waals surface area (Å²) >= 11 is 6.37. The third kappa shape index (κ3) is 5.26. The molecule has 2 aliphatic rings. The lowest BCUT2D eigenvalue weighted by Gasteiger charge is -2.49. The zero-order chi connectivity index (χ0) is 25.1. The van der Waals surface area contributed by atoms with Gasteiger partial charge in [0.2, 0.25) is 0 Å². The normalized spacial score (nSPS) is 20.0. The molecule has 0 unspecified atom stereocenters. The number of thiazole rings is 1. The average molecular weight is 575 g/mol. The number of carbonyl (C=O) groups excluding carboxylic acids is 2. The van der Waals surface area contributed by atoms with E-state index >= 15 is 0 Å². The lowest BCUT2D eigenvalue weighted by Crippen LogP contribution is -2.71. The molecule has 18 heteroatoms. The van der Waals surface area contributed by atoms with Crippen LogP contribution in [0.2, 0.25) is 0 Å². The van der Waals surface area contributed by atoms with Gasteiger partial charge >= 0.3 is 5.97 Å². The SMILES string of the molecule is NCCSCc1nnsc1SC1=C(C(=O)O)N2C(=O)[C@@H](NC(=O)/C(=N/O)c3csc(N)n3)[C@H]2SC1. The fraction of sp³-hybridized carbons (Fsp3) is 0.353. The lowest BCUT2D eigenvalue weighted by molar-refractivity contribution is -0.150. The summed E-state index contributed by atoms with van der Waals surface area (Å²) in [6, 6.07) is -0.991. The molecule has 186 valence electrons. The highest BCUT2D eigenvalue weighted by atomic mass is 32.2. The number of anilines is 1. The van der Waals surface area contributed by atoms with Crippen LogP contribution in [-0.2, 0) is 20.1 Å². The van der Waals surface area contributed by atoms with Gasteiger partial charge in [-0.2, -0.15) is 11.8 Å². The Kier molecular flexibility index (Phi) is 8.17. The van der Waals surface area contributed by atoms with Gasteiger partial charge < -0.3 is 27.1 Å². The average Bonchev–Trinajstić information content (AvgIpc) is 3.46. The van der Waals surface area contributed by atoms with Crippen LogP contribution in [-0.4, -0.2) is 82.7 Å². The Morgan fingerprint density at radius 1 is 1.40 bits per heavy atom. The van der Waals surface area contributed by atoms with Crippen molar-refractivity contribution in [3.05, 3.63) is 27.4 Å². The van der Waals surface area contributed by atoms with Crippen molar-refractivity contribution in [3.8, 4) is 0 Å². The molecule has 1 fully saturated rings. The maximum Gasteiger partial charge on any atom is 0.353 e. The van der Waals surface area contributed by atoms with Gasteiger partial charge in [-0.25, -0.2) is 9.78 Å². The summed E-state index contributed by atoms with van der Waals surface area (Å²) in [7, 11) is 0. The van der Waals surface area contributed by atoms with E-state index in [0.29, 0.717) is 23.0 Å². The number of nitrogen functional groups attached to an aromatic ring is 1. The Bertz CT molecular complexity index is 1210. The van der Waals surface area contributed by atoms with E-state index in [4.69, 9.17) is 11.5 Å². The smallest absolute Gasteiger partial charge is 0.353 e. The molecule has 0 spiro atoms. The van der Waals surface area contributed by atoms with Crippen LogP contribution < -0.4 is 16.8 Å². The number of hydrogen-bond donors (Lipinski definition) is 5. The number of hydrogen-bond acceptors (Lipinski definition) is 15. The number of nitrogens with zero attached hydrogens (tertiary/aromatic N) is 5. The zero-order valence-corrected chi connectivity index (χ0v) is 21.7. The Morgan fingerprint density at radius 2 is 2.20 bits per heavy atom. The highest BCUT2D eigenvalue weighted by Crippen LogP contribution is 2.46. The predicted molar refractivity (Wildman–Crippen MR) is 136 cm³/mol. The first-order valence-electron chi connectivity index (χ1n) is 9.78. The van der Waals surface area contributed by atoms with Gasteiger partial charge in [-0.05, 0) is 11.5 Å². The number of oxime groups is 1. The highest BCUT2D eigenvalue weighted by molar-refractivity contribution is 8.07. The number of carbonyl (C=O) groups is 3. The molecule has 0 saturated carbocycles. The molecule has 4 heterocycles. The number of nitrogens with two attached hydrogens (primary N) is 2. The first-order valence-corrected chi connectivity index (χ1v) is 14.4. The van der Waals surface area contributed by atoms with E-state index < -0.39 is 34.9 Å². The molecule has 4 rings (SSSR count). The number of amides is 2. The highest BCUT2D eigenvalue weighted by Gasteiger charge is 2.54. The van der Waals surface area contributed by atoms with Crippen molar-refractivity contribution in [2.45, 2.75) is 21.4 Å². The van der Waals surface area contributed by atoms with Crippen LogP contribution in [0, 0.1) is 0 Å². The van der Waals surface area contributed by atoms with Crippen LogP contribution in [0.15, 0.2) is 25.3 Å². The number of carboxylic acid groups (broad SMARTS) is 1. The van der Waals surface area contributed by atoms with Crippen LogP contribution in [0.1, 0.15) is 11.4 Å². The number of fused-ring (bicyclic) bond motifs is 1. The minimum atomic E-state index is -1.25. The van der Waals surface area contributed by atoms with Gasteiger partial charge in [0.1, 0.15) is 27.0 Å². The Labute approximate surface area is 218 Å². The molecule has 0 aromatic carbocycles. The molecule has 2 aliphatic heterocycles. The van der Waals surface area contributed by atoms with E-state index in [1.54, 1.807) is 11.8 Å². The number of aromatic nitrogens is 3. The molecular formula is C17H18N8O5S5. The minimum absolute atomic E-state index is 0.0656. The van der Waals surface area contributed by atoms with Crippen molar-refractivity contribution in [1.29, 1.82) is 0 Å². The van der Waals surface area contributed by atoms with Gasteiger partial charge in [-0.3, -0.25) is 14.5 Å². The molecular weight excluding hydrogens is 557 g/mol. The Hall–Kier alpha value is -2.38. The van der Waals surface area contributed by atoms with E-state index in [9.17, 15) is 24.7 Å². The molecule has 0 bridgehead atoms. The molecule has 0 aliphatic carbocycles. The maximum absolute atomic E-state index is 12.9. The number of thioether (sulfide) groups is 3. The molecule has 2 amide bonds. The van der Waals surface area contributed by atoms with Gasteiger partial charge in [0.05, 0.1) is 5.69 Å². The summed E-state index contributed by atoms with van der Waals surface area (Å²) in [6.07, 6.45) is 0. The van der Waals surface area contributed by atoms with Crippen LogP contribution in [0.25, 0.3) is 0 Å². The van der Waals surface area contributed by atoms with Crippen LogP contribution in [0.5, 0.6) is 0 Å². The fourth-order valence-electron chi connectivity index (χ4n) is 3.22. The van der Waals surface area contributed by atoms with Gasteiger partial charge in [0.15, 0.2) is 10.8 Å². The van der Waals surface area contributed by atoms with Crippen molar-refractivity contribution in [2.75, 3.05) is 23.8 Å². The molecule has 2 aromatic heterocycles. The van der Waals surface area contributed by atoms with E-state index in [0.717, 1.165) is 43.4 Å². The summed E-state index contributed by atoms with van der Waals surface area (Å²) in [5.74, 6) is -0.990. The van der Waals surface area contributed by atoms with Gasteiger partial charge in [-0.1, -0.05) is 21.4 Å². The monoisotopic (exact) mass is 574 g/mol. The Balaban J connectivity index is 1.49. The maximum atomic E-state index is 12.9. The van der Waals surface area contributed by atoms with Crippen molar-refractivity contribution < 1.29 is 24.7 Å². The Morgan fingerprint density at radius 3 is 2.86 bits per heavy atom. The van der Waals surface area contributed by atoms with Crippen molar-refractivity contribution in [3.63, 3.8) is 0 Å². The number of nitrogens with one attached hydrogen (secondary N) is 1. The fourth-order valence-corrected chi connectivity index (χ4v) is 8.01. The quantitative estimate of drug-likeness (QED) is 0.0858. The van der Waals surface area contributed by atoms with Crippen LogP contribution >= 0.6 is 58.2 Å². The van der Waals surface area contributed by atoms with Gasteiger partial charge in [0, 0.05) is 34.1 Å². The van der Waals surface area contributed by atoms with Crippen molar-refractivity contribution in [1.82, 2.24) is 24.8 Å². The standard InChI is InChI=1S/C17H18N8O5S5/c18-1-2-31-3-7-16(35-24-22-7)34-8-5-32-14-10(13(27)25(14)11(8)15(28)29)21-12(26)9(23-30)6-4-33-17(19)20-6/h4,10,14,30H,1-3,5,18H2,(H2,19,20)(H,21,26)(H,28,29)/b23-9+/t10-,14-/m1/s1. The number of β-lactam (4-membered cyclic amide) rings is 1. The first-order chi connectivity index (χ1) is 16.8. The van der Waals surface area contributed by atoms with E-state index in [1.165, 1.54) is 28.9 Å². The molecule has 13 nitrogen and oxygen atoms in total. The van der Waals surface area contributed by atoms with E-state index in [2.05, 4.69) is 25.0 Å². The second-order valence-electron chi connectivity index (χ2n) is 6.91. The first kappa shape index (κ1) is 25.7. The second-order valence-corrected chi connectivity index (χ2v) is 12.1. The van der Waals surface area contributed by atoms with E-state index in [1.807, 2.05) is 0 Å². The van der Waals surface area contributed by atoms with Crippen LogP contribution in [0.4, 0.5) is 5.13 Å². The number of aliphatic carboxylic acids is 1. The summed E-state index contributed by atoms with van der Waals surface area (Å²) in [4.78, 5) is 43.2. The summed E-state index contributed by atoms with van der Waals surface area (Å²) in [6.45, 7) is 0.537. The predicted octanol–water partition coefficient (Wildman–Crippen LogP) is 0.435. The van der Waals surface area contributed by atoms with Crippen molar-refractivity contribution >= 4 is 86.8 Å². The number of carboxylic acids is 1. The summed E-state index contributed by atoms with van der Waals surface area (Å²) in [5, 5.41) is 29.8. The third-order valence-electron chi connectivity index (χ3n) is 4.74. The van der Waals surface area contributed by atoms with Crippen LogP contribution in [0.3, 0.4) is 0 Å². The minimum Gasteiger partial charge on any atom is -0.477 e. The zero-order valence-electron chi connectivity index (χ0n) is 17.6. The molecule has 35 heavy (non-hydrogen) atoms. The summed E-state index contributed by atoms with van der Waals surface area (Å²) in [5.41, 5.74) is 11.4. The second kappa shape index (κ2) is 11.1. The van der Waals surface area contributed by atoms with Crippen molar-refractivity contribution in [2.24, 2.45) is 10.9 Å². The van der Waals surface area contributed by atoms with Gasteiger partial charge in [0.25, 0.3) is 11.8 Å². The molecule has 0 radical (unpaired) electrons. The molecule has 2 aromatic rings. The lowest BCUT2D eigenvalue weighted by atomic mass is 10.0. The summed E-state index contributed by atoms with van der Waals surface area (Å²) < 4.78 is 4.73. The molecule has 2 atom stereocenters. The van der Waals surface area contributed by atoms with E-state index in [-0.39, 0.29) is 16.5 Å². The molecule has 1 saturated heterocycles. The third-order valence-corrected chi connectivity index (χ3v) is 9.92. The molecule has 7 N–H and O–H groups in total. The number of rotatable bonds is 10. The largest absolute Gasteiger partial charge is 0.477 e.